The number of aryl methyl sites for hydroxylation is 2. The minimum absolute atomic E-state index is 0.0166. The molecule has 1 saturated heterocycles. The third kappa shape index (κ3) is 4.67. The van der Waals surface area contributed by atoms with Crippen molar-refractivity contribution in [1.29, 1.82) is 0 Å². The van der Waals surface area contributed by atoms with Crippen LogP contribution in [0.15, 0.2) is 70.7 Å². The maximum atomic E-state index is 13.5. The zero-order valence-electron chi connectivity index (χ0n) is 20.6. The summed E-state index contributed by atoms with van der Waals surface area (Å²) in [7, 11) is 0. The lowest BCUT2D eigenvalue weighted by Gasteiger charge is -2.23. The fourth-order valence-electron chi connectivity index (χ4n) is 4.59. The summed E-state index contributed by atoms with van der Waals surface area (Å²) < 4.78 is 7.44. The molecule has 1 unspecified atom stereocenters. The van der Waals surface area contributed by atoms with Gasteiger partial charge in [0, 0.05) is 10.0 Å². The van der Waals surface area contributed by atoms with E-state index in [0.29, 0.717) is 28.6 Å². The number of anilines is 1. The number of amides is 1. The van der Waals surface area contributed by atoms with Crippen molar-refractivity contribution in [2.75, 3.05) is 11.5 Å². The number of aromatic nitrogens is 1. The van der Waals surface area contributed by atoms with Crippen LogP contribution in [0.2, 0.25) is 0 Å². The van der Waals surface area contributed by atoms with Gasteiger partial charge in [0.1, 0.15) is 11.5 Å². The number of ether oxygens (including phenoxy) is 1. The molecule has 1 aliphatic heterocycles. The Bertz CT molecular complexity index is 1580. The Morgan fingerprint density at radius 1 is 1.11 bits per heavy atom. The number of aliphatic hydroxyl groups is 1. The molecule has 1 aromatic heterocycles. The second-order valence-corrected chi connectivity index (χ2v) is 11.0. The largest absolute Gasteiger partial charge is 0.507 e. The van der Waals surface area contributed by atoms with E-state index in [1.54, 1.807) is 24.3 Å². The number of ketones is 1. The van der Waals surface area contributed by atoms with Crippen LogP contribution in [0.25, 0.3) is 16.0 Å². The zero-order valence-corrected chi connectivity index (χ0v) is 23.0. The van der Waals surface area contributed by atoms with Crippen molar-refractivity contribution in [3.63, 3.8) is 0 Å². The molecular formula is C29H25BrN2O4S. The van der Waals surface area contributed by atoms with Gasteiger partial charge in [0.05, 0.1) is 28.4 Å². The monoisotopic (exact) mass is 576 g/mol. The molecule has 0 spiro atoms. The lowest BCUT2D eigenvalue weighted by Crippen LogP contribution is -2.29. The number of aliphatic hydroxyl groups excluding tert-OH is 1. The van der Waals surface area contributed by atoms with Crippen LogP contribution >= 0.6 is 27.3 Å². The van der Waals surface area contributed by atoms with Crippen molar-refractivity contribution >= 4 is 60.1 Å². The van der Waals surface area contributed by atoms with Crippen LogP contribution in [0, 0.1) is 13.8 Å². The predicted molar refractivity (Wildman–Crippen MR) is 150 cm³/mol. The minimum Gasteiger partial charge on any atom is -0.507 e. The van der Waals surface area contributed by atoms with Gasteiger partial charge in [0.25, 0.3) is 5.78 Å². The molecule has 2 heterocycles. The van der Waals surface area contributed by atoms with Gasteiger partial charge in [-0.3, -0.25) is 14.5 Å². The van der Waals surface area contributed by atoms with Crippen LogP contribution in [0.4, 0.5) is 5.13 Å². The van der Waals surface area contributed by atoms with E-state index in [1.165, 1.54) is 16.2 Å². The average Bonchev–Trinajstić information content (AvgIpc) is 3.41. The number of benzene rings is 3. The second-order valence-electron chi connectivity index (χ2n) is 9.03. The fraction of sp³-hybridized carbons (Fsp3) is 0.207. The Morgan fingerprint density at radius 2 is 1.89 bits per heavy atom. The molecule has 1 fully saturated rings. The highest BCUT2D eigenvalue weighted by Crippen LogP contribution is 2.45. The summed E-state index contributed by atoms with van der Waals surface area (Å²) in [5.74, 6) is -1.15. The first kappa shape index (κ1) is 25.2. The number of rotatable bonds is 6. The molecule has 4 aromatic rings. The van der Waals surface area contributed by atoms with Crippen LogP contribution in [-0.2, 0) is 9.59 Å². The molecule has 0 aliphatic carbocycles. The fourth-order valence-corrected chi connectivity index (χ4v) is 6.18. The molecule has 3 aromatic carbocycles. The van der Waals surface area contributed by atoms with E-state index in [-0.39, 0.29) is 11.3 Å². The van der Waals surface area contributed by atoms with Gasteiger partial charge in [-0.1, -0.05) is 64.5 Å². The summed E-state index contributed by atoms with van der Waals surface area (Å²) in [6, 6.07) is 17.5. The summed E-state index contributed by atoms with van der Waals surface area (Å²) >= 11 is 4.86. The summed E-state index contributed by atoms with van der Waals surface area (Å²) in [4.78, 5) is 33.2. The summed E-state index contributed by atoms with van der Waals surface area (Å²) in [5, 5.41) is 11.9. The van der Waals surface area contributed by atoms with E-state index in [1.807, 2.05) is 57.2 Å². The van der Waals surface area contributed by atoms with Crippen molar-refractivity contribution in [2.24, 2.45) is 0 Å². The molecule has 37 heavy (non-hydrogen) atoms. The number of thiazole rings is 1. The Labute approximate surface area is 227 Å². The summed E-state index contributed by atoms with van der Waals surface area (Å²) in [6.07, 6.45) is 0.839. The quantitative estimate of drug-likeness (QED) is 0.150. The normalized spacial score (nSPS) is 17.1. The van der Waals surface area contributed by atoms with E-state index in [4.69, 9.17) is 9.72 Å². The van der Waals surface area contributed by atoms with Gasteiger partial charge in [-0.05, 0) is 67.3 Å². The Hall–Kier alpha value is -3.49. The van der Waals surface area contributed by atoms with Crippen molar-refractivity contribution in [2.45, 2.75) is 33.2 Å². The molecule has 1 aliphatic rings. The van der Waals surface area contributed by atoms with Crippen LogP contribution in [-0.4, -0.2) is 28.4 Å². The van der Waals surface area contributed by atoms with Crippen LogP contribution < -0.4 is 9.64 Å². The van der Waals surface area contributed by atoms with Crippen molar-refractivity contribution in [3.8, 4) is 5.75 Å². The highest BCUT2D eigenvalue weighted by molar-refractivity contribution is 9.10. The molecule has 1 atom stereocenters. The van der Waals surface area contributed by atoms with Crippen molar-refractivity contribution in [1.82, 2.24) is 4.98 Å². The van der Waals surface area contributed by atoms with Gasteiger partial charge in [0.15, 0.2) is 5.13 Å². The molecule has 0 bridgehead atoms. The van der Waals surface area contributed by atoms with Gasteiger partial charge in [-0.25, -0.2) is 4.98 Å². The number of carbonyl (C=O) groups is 2. The molecule has 8 heteroatoms. The molecule has 188 valence electrons. The number of hydrogen-bond donors (Lipinski definition) is 1. The standard InChI is InChI=1S/C29H25BrN2O4S/c1-4-11-36-21-10-6-8-19(15-21)26(33)23-25(18-7-5-9-20(30)14-18)32(28(35)27(23)34)29-31-24-17(3)12-16(2)13-22(24)37-29/h5-10,12-15,25,33H,4,11H2,1-3H3. The maximum absolute atomic E-state index is 13.5. The number of nitrogens with zero attached hydrogens (tertiary/aromatic N) is 2. The van der Waals surface area contributed by atoms with E-state index in [2.05, 4.69) is 15.9 Å². The third-order valence-electron chi connectivity index (χ3n) is 6.21. The lowest BCUT2D eigenvalue weighted by atomic mass is 9.95. The lowest BCUT2D eigenvalue weighted by molar-refractivity contribution is -0.132. The Morgan fingerprint density at radius 3 is 2.65 bits per heavy atom. The molecule has 6 nitrogen and oxygen atoms in total. The molecule has 0 radical (unpaired) electrons. The van der Waals surface area contributed by atoms with Crippen LogP contribution in [0.3, 0.4) is 0 Å². The zero-order chi connectivity index (χ0) is 26.3. The van der Waals surface area contributed by atoms with Gasteiger partial charge < -0.3 is 9.84 Å². The first-order valence-corrected chi connectivity index (χ1v) is 13.6. The number of hydrogen-bond acceptors (Lipinski definition) is 6. The summed E-state index contributed by atoms with van der Waals surface area (Å²) in [6.45, 7) is 6.53. The number of fused-ring (bicyclic) bond motifs is 1. The molecular weight excluding hydrogens is 552 g/mol. The number of carbonyl (C=O) groups excluding carboxylic acids is 2. The minimum atomic E-state index is -0.848. The predicted octanol–water partition coefficient (Wildman–Crippen LogP) is 7.09. The smallest absolute Gasteiger partial charge is 0.301 e. The highest BCUT2D eigenvalue weighted by Gasteiger charge is 2.48. The first-order valence-electron chi connectivity index (χ1n) is 12.0. The van der Waals surface area contributed by atoms with Gasteiger partial charge in [0.2, 0.25) is 0 Å². The third-order valence-corrected chi connectivity index (χ3v) is 7.71. The van der Waals surface area contributed by atoms with Crippen molar-refractivity contribution < 1.29 is 19.4 Å². The van der Waals surface area contributed by atoms with E-state index in [0.717, 1.165) is 32.2 Å². The molecule has 0 saturated carbocycles. The topological polar surface area (TPSA) is 79.7 Å². The van der Waals surface area contributed by atoms with Crippen LogP contribution in [0.1, 0.15) is 41.6 Å². The SMILES string of the molecule is CCCOc1cccc(C(O)=C2C(=O)C(=O)N(c3nc4c(C)cc(C)cc4s3)C2c2cccc(Br)c2)c1. The van der Waals surface area contributed by atoms with Crippen LogP contribution in [0.5, 0.6) is 5.75 Å². The Balaban J connectivity index is 1.70. The molecule has 1 N–H and O–H groups in total. The first-order chi connectivity index (χ1) is 17.8. The summed E-state index contributed by atoms with van der Waals surface area (Å²) in [5.41, 5.74) is 3.99. The Kier molecular flexibility index (Phi) is 6.88. The van der Waals surface area contributed by atoms with Gasteiger partial charge in [-0.2, -0.15) is 0 Å². The van der Waals surface area contributed by atoms with Crippen molar-refractivity contribution in [3.05, 3.63) is 93.0 Å². The van der Waals surface area contributed by atoms with E-state index >= 15 is 0 Å². The maximum Gasteiger partial charge on any atom is 0.301 e. The van der Waals surface area contributed by atoms with E-state index < -0.39 is 17.7 Å². The van der Waals surface area contributed by atoms with E-state index in [9.17, 15) is 14.7 Å². The highest BCUT2D eigenvalue weighted by atomic mass is 79.9. The molecule has 1 amide bonds. The van der Waals surface area contributed by atoms with Gasteiger partial charge >= 0.3 is 5.91 Å². The number of Topliss-reactive ketones (excluding diaryl/α,β-unsaturated/α-hetero) is 1. The average molecular weight is 578 g/mol. The number of halogens is 1. The molecule has 5 rings (SSSR count). The van der Waals surface area contributed by atoms with Gasteiger partial charge in [-0.15, -0.1) is 0 Å². The second kappa shape index (κ2) is 10.1.